The highest BCUT2D eigenvalue weighted by molar-refractivity contribution is 7.89. The van der Waals surface area contributed by atoms with Crippen LogP contribution in [0.2, 0.25) is 15.1 Å². The Morgan fingerprint density at radius 2 is 1.76 bits per heavy atom. The Bertz CT molecular complexity index is 996. The molecule has 1 fully saturated rings. The maximum absolute atomic E-state index is 12.4. The Labute approximate surface area is 184 Å². The number of hydrogen-bond donors (Lipinski definition) is 1. The van der Waals surface area contributed by atoms with E-state index in [9.17, 15) is 13.2 Å². The summed E-state index contributed by atoms with van der Waals surface area (Å²) in [5.74, 6) is 0.511. The minimum Gasteiger partial charge on any atom is -0.352 e. The van der Waals surface area contributed by atoms with Crippen molar-refractivity contribution in [3.63, 3.8) is 0 Å². The molecule has 2 heterocycles. The van der Waals surface area contributed by atoms with Crippen molar-refractivity contribution in [2.45, 2.75) is 11.3 Å². The summed E-state index contributed by atoms with van der Waals surface area (Å²) < 4.78 is 27.0. The zero-order valence-corrected chi connectivity index (χ0v) is 18.4. The third-order valence-corrected chi connectivity index (χ3v) is 6.92. The van der Waals surface area contributed by atoms with E-state index >= 15 is 0 Å². The number of carbonyl (C=O) groups is 1. The van der Waals surface area contributed by atoms with Gasteiger partial charge in [0.15, 0.2) is 0 Å². The van der Waals surface area contributed by atoms with Gasteiger partial charge in [-0.25, -0.2) is 18.1 Å². The van der Waals surface area contributed by atoms with Crippen LogP contribution in [0.25, 0.3) is 0 Å². The molecule has 29 heavy (non-hydrogen) atoms. The van der Waals surface area contributed by atoms with Crippen LogP contribution in [0.4, 0.5) is 5.82 Å². The lowest BCUT2D eigenvalue weighted by molar-refractivity contribution is -0.131. The van der Waals surface area contributed by atoms with Crippen LogP contribution in [0.15, 0.2) is 41.4 Å². The standard InChI is InChI=1S/C18H19Cl3N4O3S/c19-13-11-15(21)18(22-12-13)25-9-7-24(8-10-25)17(26)5-6-23-29(27,28)16-4-2-1-3-14(16)20/h1-4,11-12,23H,5-10H2. The Morgan fingerprint density at radius 1 is 1.07 bits per heavy atom. The van der Waals surface area contributed by atoms with Crippen LogP contribution in [0.5, 0.6) is 0 Å². The molecule has 3 rings (SSSR count). The van der Waals surface area contributed by atoms with Gasteiger partial charge in [0, 0.05) is 45.3 Å². The quantitative estimate of drug-likeness (QED) is 0.691. The summed E-state index contributed by atoms with van der Waals surface area (Å²) in [6.07, 6.45) is 1.59. The number of aromatic nitrogens is 1. The monoisotopic (exact) mass is 476 g/mol. The average Bonchev–Trinajstić information content (AvgIpc) is 2.68. The predicted octanol–water partition coefficient (Wildman–Crippen LogP) is 3.06. The van der Waals surface area contributed by atoms with Gasteiger partial charge in [-0.3, -0.25) is 4.79 Å². The first-order valence-electron chi connectivity index (χ1n) is 8.86. The highest BCUT2D eigenvalue weighted by Crippen LogP contribution is 2.27. The molecule has 2 aromatic rings. The molecule has 0 aliphatic carbocycles. The number of amides is 1. The van der Waals surface area contributed by atoms with Gasteiger partial charge in [0.25, 0.3) is 0 Å². The van der Waals surface area contributed by atoms with Gasteiger partial charge in [-0.2, -0.15) is 0 Å². The predicted molar refractivity (Wildman–Crippen MR) is 114 cm³/mol. The highest BCUT2D eigenvalue weighted by Gasteiger charge is 2.24. The fourth-order valence-corrected chi connectivity index (χ4v) is 5.05. The number of halogens is 3. The number of anilines is 1. The summed E-state index contributed by atoms with van der Waals surface area (Å²) in [6, 6.07) is 7.79. The number of benzene rings is 1. The normalized spacial score (nSPS) is 14.9. The van der Waals surface area contributed by atoms with Crippen LogP contribution >= 0.6 is 34.8 Å². The number of nitrogens with zero attached hydrogens (tertiary/aromatic N) is 3. The first kappa shape index (κ1) is 22.1. The van der Waals surface area contributed by atoms with E-state index in [2.05, 4.69) is 9.71 Å². The molecule has 1 amide bonds. The van der Waals surface area contributed by atoms with Gasteiger partial charge in [0.1, 0.15) is 10.7 Å². The molecule has 7 nitrogen and oxygen atoms in total. The lowest BCUT2D eigenvalue weighted by Crippen LogP contribution is -2.49. The number of nitrogens with one attached hydrogen (secondary N) is 1. The van der Waals surface area contributed by atoms with Gasteiger partial charge >= 0.3 is 0 Å². The second-order valence-corrected chi connectivity index (χ2v) is 9.39. The molecule has 0 bridgehead atoms. The van der Waals surface area contributed by atoms with Gasteiger partial charge in [-0.1, -0.05) is 46.9 Å². The summed E-state index contributed by atoms with van der Waals surface area (Å²) in [5, 5.41) is 1.06. The molecule has 0 saturated carbocycles. The second-order valence-electron chi connectivity index (χ2n) is 6.40. The molecule has 1 saturated heterocycles. The van der Waals surface area contributed by atoms with Crippen molar-refractivity contribution in [3.05, 3.63) is 51.6 Å². The van der Waals surface area contributed by atoms with Crippen molar-refractivity contribution in [3.8, 4) is 0 Å². The van der Waals surface area contributed by atoms with E-state index in [4.69, 9.17) is 34.8 Å². The molecule has 0 radical (unpaired) electrons. The highest BCUT2D eigenvalue weighted by atomic mass is 35.5. The van der Waals surface area contributed by atoms with Crippen molar-refractivity contribution in [2.24, 2.45) is 0 Å². The van der Waals surface area contributed by atoms with Crippen molar-refractivity contribution in [1.29, 1.82) is 0 Å². The molecule has 1 aromatic heterocycles. The minimum absolute atomic E-state index is 0.00281. The van der Waals surface area contributed by atoms with Gasteiger partial charge < -0.3 is 9.80 Å². The third-order valence-electron chi connectivity index (χ3n) is 4.48. The number of pyridine rings is 1. The first-order chi connectivity index (χ1) is 13.8. The third kappa shape index (κ3) is 5.52. The number of piperazine rings is 1. The van der Waals surface area contributed by atoms with Crippen LogP contribution in [0.3, 0.4) is 0 Å². The summed E-state index contributed by atoms with van der Waals surface area (Å²) in [4.78, 5) is 20.4. The number of sulfonamides is 1. The zero-order chi connectivity index (χ0) is 21.0. The van der Waals surface area contributed by atoms with E-state index in [0.717, 1.165) is 0 Å². The topological polar surface area (TPSA) is 82.6 Å². The zero-order valence-electron chi connectivity index (χ0n) is 15.3. The largest absolute Gasteiger partial charge is 0.352 e. The molecule has 156 valence electrons. The van der Waals surface area contributed by atoms with Gasteiger partial charge in [-0.15, -0.1) is 0 Å². The average molecular weight is 478 g/mol. The SMILES string of the molecule is O=C(CCNS(=O)(=O)c1ccccc1Cl)N1CCN(c2ncc(Cl)cc2Cl)CC1. The Balaban J connectivity index is 1.49. The Hall–Kier alpha value is -1.58. The van der Waals surface area contributed by atoms with E-state index in [1.165, 1.54) is 18.3 Å². The summed E-state index contributed by atoms with van der Waals surface area (Å²) in [6.45, 7) is 2.14. The molecule has 11 heteroatoms. The van der Waals surface area contributed by atoms with Crippen LogP contribution in [0, 0.1) is 0 Å². The fourth-order valence-electron chi connectivity index (χ4n) is 3.00. The smallest absolute Gasteiger partial charge is 0.242 e. The number of hydrogen-bond acceptors (Lipinski definition) is 5. The lowest BCUT2D eigenvalue weighted by atomic mass is 10.2. The summed E-state index contributed by atoms with van der Waals surface area (Å²) in [7, 11) is -3.77. The minimum atomic E-state index is -3.77. The van der Waals surface area contributed by atoms with Gasteiger partial charge in [0.2, 0.25) is 15.9 Å². The Morgan fingerprint density at radius 3 is 2.41 bits per heavy atom. The number of carbonyl (C=O) groups excluding carboxylic acids is 1. The molecule has 0 spiro atoms. The van der Waals surface area contributed by atoms with Crippen molar-refractivity contribution < 1.29 is 13.2 Å². The van der Waals surface area contributed by atoms with E-state index in [1.807, 2.05) is 4.90 Å². The lowest BCUT2D eigenvalue weighted by Gasteiger charge is -2.35. The van der Waals surface area contributed by atoms with Crippen molar-refractivity contribution in [2.75, 3.05) is 37.6 Å². The molecular weight excluding hydrogens is 459 g/mol. The van der Waals surface area contributed by atoms with Crippen LogP contribution < -0.4 is 9.62 Å². The maximum Gasteiger partial charge on any atom is 0.242 e. The fraction of sp³-hybridized carbons (Fsp3) is 0.333. The Kier molecular flexibility index (Phi) is 7.23. The van der Waals surface area contributed by atoms with Crippen LogP contribution in [-0.2, 0) is 14.8 Å². The second kappa shape index (κ2) is 9.49. The van der Waals surface area contributed by atoms with Crippen molar-refractivity contribution >= 4 is 56.6 Å². The molecule has 1 aromatic carbocycles. The van der Waals surface area contributed by atoms with Crippen LogP contribution in [-0.4, -0.2) is 56.9 Å². The molecule has 0 unspecified atom stereocenters. The molecular formula is C18H19Cl3N4O3S. The van der Waals surface area contributed by atoms with Crippen LogP contribution in [0.1, 0.15) is 6.42 Å². The maximum atomic E-state index is 12.4. The summed E-state index contributed by atoms with van der Waals surface area (Å²) >= 11 is 18.0. The van der Waals surface area contributed by atoms with Gasteiger partial charge in [-0.05, 0) is 18.2 Å². The molecule has 1 aliphatic rings. The molecule has 0 atom stereocenters. The van der Waals surface area contributed by atoms with E-state index in [-0.39, 0.29) is 28.8 Å². The van der Waals surface area contributed by atoms with E-state index in [1.54, 1.807) is 23.1 Å². The molecule has 1 N–H and O–H groups in total. The van der Waals surface area contributed by atoms with E-state index < -0.39 is 10.0 Å². The summed E-state index contributed by atoms with van der Waals surface area (Å²) in [5.41, 5.74) is 0. The van der Waals surface area contributed by atoms with Gasteiger partial charge in [0.05, 0.1) is 15.1 Å². The number of rotatable bonds is 6. The molecule has 1 aliphatic heterocycles. The van der Waals surface area contributed by atoms with E-state index in [0.29, 0.717) is 42.0 Å². The first-order valence-corrected chi connectivity index (χ1v) is 11.5. The van der Waals surface area contributed by atoms with Crippen molar-refractivity contribution in [1.82, 2.24) is 14.6 Å².